The number of aromatic nitrogens is 3. The molecule has 3 aromatic heterocycles. The van der Waals surface area contributed by atoms with Gasteiger partial charge >= 0.3 is 0 Å². The molecule has 313 valence electrons. The SMILES string of the molecule is [2H]C([2H])([2H])c1c[c-]c(-c2cc(C([2H])([2H])[2H])c(C([2H])([2H])[2H])cn2)cc1.[2H]C([2H])([2H])c1cccc2nc(-c3[c-]ccc4c3oc3c4ccc4c5ccccc5ccc43)n(-c3ccc4c5ccccc5c5ccccc5c4c3)c12.[Ir]. The van der Waals surface area contributed by atoms with Crippen molar-refractivity contribution in [3.05, 3.63) is 210 Å². The number of rotatable bonds is 3. The number of para-hydroxylation sites is 1. The molecule has 4 nitrogen and oxygen atoms in total. The summed E-state index contributed by atoms with van der Waals surface area (Å²) in [5.41, 5.74) is 4.35. The van der Waals surface area contributed by atoms with Crippen LogP contribution in [0.1, 0.15) is 38.7 Å². The van der Waals surface area contributed by atoms with Gasteiger partial charge < -0.3 is 14.0 Å². The minimum absolute atomic E-state index is 0. The number of benzene rings is 10. The first-order chi connectivity index (χ1) is 36.2. The molecule has 13 rings (SSSR count). The number of imidazole rings is 1. The van der Waals surface area contributed by atoms with Crippen LogP contribution in [0.3, 0.4) is 0 Å². The third-order valence-electron chi connectivity index (χ3n) is 12.2. The number of hydrogen-bond acceptors (Lipinski definition) is 3. The summed E-state index contributed by atoms with van der Waals surface area (Å²) in [6.45, 7) is -9.84. The van der Waals surface area contributed by atoms with Crippen molar-refractivity contribution in [3.8, 4) is 28.3 Å². The minimum atomic E-state index is -2.61. The molecule has 0 atom stereocenters. The summed E-state index contributed by atoms with van der Waals surface area (Å²) in [6, 6.07) is 61.1. The van der Waals surface area contributed by atoms with Crippen molar-refractivity contribution in [3.63, 3.8) is 0 Å². The van der Waals surface area contributed by atoms with E-state index in [1.165, 1.54) is 51.2 Å². The standard InChI is InChI=1S/C46H27N2O.C14H14N.Ir/c1-27-10-8-19-42-43(27)48(29-21-23-36-33-15-5-4-13-31(33)32-14-6-7-16-34(32)41(36)26-29)46(47-42)40-18-9-17-37-39-25-24-35-30-12-3-2-11-28(30)20-22-38(35)44(39)49-45(37)40;1-10-4-6-13(7-5-10)14-8-11(2)12(3)9-15-14;/h2-17,19-26H,1H3;4-6,8-9H,1-3H3;/q2*-1;/i1D3;1D3,2D3,3D3;. The Kier molecular flexibility index (Phi) is 7.15. The molecule has 0 aliphatic heterocycles. The van der Waals surface area contributed by atoms with Crippen LogP contribution in [0.4, 0.5) is 0 Å². The molecule has 10 aromatic carbocycles. The maximum absolute atomic E-state index is 8.56. The van der Waals surface area contributed by atoms with Crippen LogP contribution in [0.25, 0.3) is 115 Å². The fourth-order valence-electron chi connectivity index (χ4n) is 9.22. The van der Waals surface area contributed by atoms with Gasteiger partial charge in [-0.1, -0.05) is 145 Å². The first-order valence-corrected chi connectivity index (χ1v) is 20.8. The minimum Gasteiger partial charge on any atom is -0.500 e. The normalized spacial score (nSPS) is 15.1. The van der Waals surface area contributed by atoms with Gasteiger partial charge in [0, 0.05) is 59.2 Å². The average Bonchev–Trinajstić information content (AvgIpc) is 4.06. The third kappa shape index (κ3) is 6.62. The Hall–Kier alpha value is -7.43. The maximum Gasteiger partial charge on any atom is 0.128 e. The van der Waals surface area contributed by atoms with E-state index in [-0.39, 0.29) is 48.1 Å². The molecule has 0 N–H and O–H groups in total. The summed E-state index contributed by atoms with van der Waals surface area (Å²) in [7, 11) is 0. The number of pyridine rings is 1. The zero-order valence-electron chi connectivity index (χ0n) is 46.3. The second-order valence-corrected chi connectivity index (χ2v) is 15.9. The van der Waals surface area contributed by atoms with Gasteiger partial charge in [0.25, 0.3) is 0 Å². The van der Waals surface area contributed by atoms with Crippen LogP contribution in [0, 0.1) is 39.5 Å². The predicted molar refractivity (Wildman–Crippen MR) is 268 cm³/mol. The molecule has 65 heavy (non-hydrogen) atoms. The molecular weight excluding hydrogens is 971 g/mol. The Balaban J connectivity index is 0.000000214. The largest absolute Gasteiger partial charge is 0.500 e. The molecule has 0 spiro atoms. The molecule has 0 aliphatic carbocycles. The van der Waals surface area contributed by atoms with Gasteiger partial charge in [-0.05, 0) is 104 Å². The van der Waals surface area contributed by atoms with E-state index in [1.54, 1.807) is 12.1 Å². The molecule has 1 radical (unpaired) electrons. The van der Waals surface area contributed by atoms with Crippen LogP contribution >= 0.6 is 0 Å². The molecule has 0 aliphatic rings. The zero-order chi connectivity index (χ0) is 53.1. The summed E-state index contributed by atoms with van der Waals surface area (Å²) in [6.07, 6.45) is 1.02. The van der Waals surface area contributed by atoms with Crippen molar-refractivity contribution >= 4 is 86.8 Å². The number of hydrogen-bond donors (Lipinski definition) is 0. The molecule has 0 amide bonds. The van der Waals surface area contributed by atoms with Crippen molar-refractivity contribution in [1.29, 1.82) is 0 Å². The van der Waals surface area contributed by atoms with Gasteiger partial charge in [0.1, 0.15) is 5.58 Å². The van der Waals surface area contributed by atoms with Crippen molar-refractivity contribution in [2.24, 2.45) is 0 Å². The number of furan rings is 1. The van der Waals surface area contributed by atoms with Crippen LogP contribution in [0.5, 0.6) is 0 Å². The van der Waals surface area contributed by atoms with Crippen LogP contribution < -0.4 is 0 Å². The van der Waals surface area contributed by atoms with E-state index in [9.17, 15) is 0 Å². The number of aryl methyl sites for hydroxylation is 4. The summed E-state index contributed by atoms with van der Waals surface area (Å²) in [5, 5.41) is 13.3. The van der Waals surface area contributed by atoms with Gasteiger partial charge in [0.2, 0.25) is 0 Å². The maximum atomic E-state index is 8.56. The summed E-state index contributed by atoms with van der Waals surface area (Å²) >= 11 is 0. The van der Waals surface area contributed by atoms with E-state index in [0.717, 1.165) is 55.2 Å². The Bertz CT molecular complexity index is 4440. The van der Waals surface area contributed by atoms with Gasteiger partial charge in [-0.2, -0.15) is 0 Å². The van der Waals surface area contributed by atoms with Gasteiger partial charge in [0.15, 0.2) is 0 Å². The van der Waals surface area contributed by atoms with E-state index in [2.05, 4.69) is 132 Å². The molecule has 0 unspecified atom stereocenters. The second kappa shape index (κ2) is 16.0. The third-order valence-corrected chi connectivity index (χ3v) is 12.2. The monoisotopic (exact) mass is 1020 g/mol. The van der Waals surface area contributed by atoms with Gasteiger partial charge in [-0.3, -0.25) is 4.98 Å². The van der Waals surface area contributed by atoms with Crippen LogP contribution in [0.15, 0.2) is 180 Å². The van der Waals surface area contributed by atoms with E-state index < -0.39 is 27.4 Å². The fourth-order valence-corrected chi connectivity index (χ4v) is 9.22. The van der Waals surface area contributed by atoms with E-state index in [1.807, 2.05) is 22.8 Å². The van der Waals surface area contributed by atoms with Gasteiger partial charge in [-0.15, -0.1) is 53.6 Å². The van der Waals surface area contributed by atoms with E-state index >= 15 is 0 Å². The Labute approximate surface area is 407 Å². The summed E-state index contributed by atoms with van der Waals surface area (Å²) < 4.78 is 101. The molecule has 0 saturated heterocycles. The second-order valence-electron chi connectivity index (χ2n) is 15.9. The Morgan fingerprint density at radius 1 is 0.523 bits per heavy atom. The van der Waals surface area contributed by atoms with Crippen LogP contribution in [-0.4, -0.2) is 14.5 Å². The first-order valence-electron chi connectivity index (χ1n) is 26.8. The Morgan fingerprint density at radius 2 is 1.18 bits per heavy atom. The zero-order valence-corrected chi connectivity index (χ0v) is 36.7. The molecule has 3 heterocycles. The van der Waals surface area contributed by atoms with Crippen molar-refractivity contribution < 1.29 is 41.0 Å². The van der Waals surface area contributed by atoms with Crippen molar-refractivity contribution in [1.82, 2.24) is 14.5 Å². The number of nitrogens with zero attached hydrogens (tertiary/aromatic N) is 3. The first kappa shape index (κ1) is 29.1. The van der Waals surface area contributed by atoms with Crippen LogP contribution in [0.2, 0.25) is 0 Å². The number of fused-ring (bicyclic) bond motifs is 14. The van der Waals surface area contributed by atoms with Crippen molar-refractivity contribution in [2.45, 2.75) is 27.4 Å². The smallest absolute Gasteiger partial charge is 0.128 e. The Morgan fingerprint density at radius 3 is 1.94 bits per heavy atom. The molecule has 13 aromatic rings. The summed E-state index contributed by atoms with van der Waals surface area (Å²) in [5.74, 6) is 0.565. The molecular formula is C60H41IrN3O-2. The summed E-state index contributed by atoms with van der Waals surface area (Å²) in [4.78, 5) is 9.17. The quantitative estimate of drug-likeness (QED) is 0.131. The van der Waals surface area contributed by atoms with Crippen molar-refractivity contribution in [2.75, 3.05) is 0 Å². The van der Waals surface area contributed by atoms with E-state index in [0.29, 0.717) is 33.6 Å². The molecule has 0 bridgehead atoms. The van der Waals surface area contributed by atoms with Gasteiger partial charge in [-0.25, -0.2) is 0 Å². The van der Waals surface area contributed by atoms with Crippen LogP contribution in [-0.2, 0) is 20.1 Å². The van der Waals surface area contributed by atoms with E-state index in [4.69, 9.17) is 25.9 Å². The van der Waals surface area contributed by atoms with Gasteiger partial charge in [0.05, 0.1) is 22.4 Å². The fraction of sp³-hybridized carbons (Fsp3) is 0.0667. The predicted octanol–water partition coefficient (Wildman–Crippen LogP) is 15.9. The average molecular weight is 1020 g/mol. The topological polar surface area (TPSA) is 43.9 Å². The molecule has 5 heteroatoms. The molecule has 0 fully saturated rings. The molecule has 0 saturated carbocycles.